The van der Waals surface area contributed by atoms with E-state index in [1.807, 2.05) is 24.3 Å². The molecule has 25 heavy (non-hydrogen) atoms. The van der Waals surface area contributed by atoms with Gasteiger partial charge in [0.2, 0.25) is 0 Å². The van der Waals surface area contributed by atoms with Crippen LogP contribution < -0.4 is 5.43 Å². The van der Waals surface area contributed by atoms with Crippen LogP contribution >= 0.6 is 0 Å². The summed E-state index contributed by atoms with van der Waals surface area (Å²) in [6.45, 7) is 2.86. The molecule has 0 radical (unpaired) electrons. The molecule has 0 aliphatic carbocycles. The number of para-hydroxylation sites is 1. The van der Waals surface area contributed by atoms with Crippen LogP contribution in [0, 0.1) is 0 Å². The van der Waals surface area contributed by atoms with Gasteiger partial charge in [-0.25, -0.2) is 5.43 Å². The Morgan fingerprint density at radius 3 is 2.88 bits per heavy atom. The van der Waals surface area contributed by atoms with Crippen molar-refractivity contribution in [1.29, 1.82) is 0 Å². The van der Waals surface area contributed by atoms with Crippen molar-refractivity contribution in [2.75, 3.05) is 5.43 Å². The van der Waals surface area contributed by atoms with Gasteiger partial charge in [0.25, 0.3) is 5.95 Å². The summed E-state index contributed by atoms with van der Waals surface area (Å²) in [4.78, 5) is 4.55. The lowest BCUT2D eigenvalue weighted by Crippen LogP contribution is -2.02. The van der Waals surface area contributed by atoms with Gasteiger partial charge in [-0.2, -0.15) is 10.1 Å². The van der Waals surface area contributed by atoms with Crippen molar-refractivity contribution in [3.63, 3.8) is 0 Å². The number of nitrogens with zero attached hydrogens (tertiary/aromatic N) is 5. The van der Waals surface area contributed by atoms with Gasteiger partial charge in [-0.3, -0.25) is 0 Å². The second-order valence-electron chi connectivity index (χ2n) is 5.53. The highest BCUT2D eigenvalue weighted by molar-refractivity contribution is 6.04. The van der Waals surface area contributed by atoms with E-state index in [1.54, 1.807) is 24.4 Å². The predicted molar refractivity (Wildman–Crippen MR) is 97.8 cm³/mol. The topological polar surface area (TPSA) is 88.2 Å². The van der Waals surface area contributed by atoms with E-state index >= 15 is 0 Å². The zero-order valence-electron chi connectivity index (χ0n) is 13.6. The first-order valence-electron chi connectivity index (χ1n) is 7.96. The number of aromatic hydroxyl groups is 1. The third kappa shape index (κ3) is 2.76. The van der Waals surface area contributed by atoms with Crippen LogP contribution in [0.5, 0.6) is 5.75 Å². The van der Waals surface area contributed by atoms with Crippen LogP contribution in [0.15, 0.2) is 53.6 Å². The van der Waals surface area contributed by atoms with Gasteiger partial charge in [-0.15, -0.1) is 10.2 Å². The normalized spacial score (nSPS) is 11.6. The average Bonchev–Trinajstić information content (AvgIpc) is 2.95. The Morgan fingerprint density at radius 2 is 2.04 bits per heavy atom. The highest BCUT2D eigenvalue weighted by Gasteiger charge is 2.13. The van der Waals surface area contributed by atoms with E-state index in [9.17, 15) is 5.11 Å². The van der Waals surface area contributed by atoms with Crippen molar-refractivity contribution in [1.82, 2.24) is 19.7 Å². The average molecular weight is 332 g/mol. The summed E-state index contributed by atoms with van der Waals surface area (Å²) in [7, 11) is 0. The minimum atomic E-state index is 0.191. The van der Waals surface area contributed by atoms with E-state index in [-0.39, 0.29) is 5.75 Å². The maximum absolute atomic E-state index is 9.46. The number of rotatable bonds is 4. The van der Waals surface area contributed by atoms with Crippen LogP contribution in [0.4, 0.5) is 5.95 Å². The smallest absolute Gasteiger partial charge is 0.265 e. The van der Waals surface area contributed by atoms with Crippen LogP contribution in [0.1, 0.15) is 12.5 Å². The molecule has 2 aromatic carbocycles. The van der Waals surface area contributed by atoms with Gasteiger partial charge in [0.1, 0.15) is 11.3 Å². The lowest BCUT2D eigenvalue weighted by atomic mass is 10.2. The number of nitrogens with one attached hydrogen (secondary N) is 1. The Kier molecular flexibility index (Phi) is 3.74. The number of fused-ring (bicyclic) bond motifs is 3. The van der Waals surface area contributed by atoms with Gasteiger partial charge in [0, 0.05) is 11.9 Å². The summed E-state index contributed by atoms with van der Waals surface area (Å²) in [5, 5.41) is 23.0. The van der Waals surface area contributed by atoms with Crippen LogP contribution in [0.25, 0.3) is 22.1 Å². The monoisotopic (exact) mass is 332 g/mol. The fourth-order valence-corrected chi connectivity index (χ4v) is 2.84. The molecule has 0 bridgehead atoms. The maximum Gasteiger partial charge on any atom is 0.265 e. The van der Waals surface area contributed by atoms with Gasteiger partial charge in [0.05, 0.1) is 11.7 Å². The number of aryl methyl sites for hydroxylation is 1. The van der Waals surface area contributed by atoms with Crippen molar-refractivity contribution >= 4 is 34.2 Å². The molecule has 0 fully saturated rings. The number of phenolic OH excluding ortho intramolecular Hbond substituents is 1. The van der Waals surface area contributed by atoms with Crippen molar-refractivity contribution < 1.29 is 5.11 Å². The molecule has 0 saturated heterocycles. The van der Waals surface area contributed by atoms with Crippen LogP contribution in [0.2, 0.25) is 0 Å². The Balaban J connectivity index is 1.68. The van der Waals surface area contributed by atoms with Crippen molar-refractivity contribution in [2.45, 2.75) is 13.5 Å². The highest BCUT2D eigenvalue weighted by atomic mass is 16.3. The number of hydrazone groups is 1. The minimum absolute atomic E-state index is 0.191. The molecular formula is C18H16N6O. The number of hydrogen-bond donors (Lipinski definition) is 2. The van der Waals surface area contributed by atoms with E-state index in [4.69, 9.17) is 0 Å². The molecule has 0 saturated carbocycles. The van der Waals surface area contributed by atoms with Crippen LogP contribution in [0.3, 0.4) is 0 Å². The summed E-state index contributed by atoms with van der Waals surface area (Å²) in [6.07, 6.45) is 1.59. The third-order valence-corrected chi connectivity index (χ3v) is 3.94. The fraction of sp³-hybridized carbons (Fsp3) is 0.111. The molecule has 0 amide bonds. The van der Waals surface area contributed by atoms with E-state index < -0.39 is 0 Å². The van der Waals surface area contributed by atoms with Gasteiger partial charge in [-0.05, 0) is 30.7 Å². The second-order valence-corrected chi connectivity index (χ2v) is 5.53. The molecule has 7 heteroatoms. The maximum atomic E-state index is 9.46. The molecule has 7 nitrogen and oxygen atoms in total. The second kappa shape index (κ2) is 6.20. The quantitative estimate of drug-likeness (QED) is 0.443. The number of aromatic nitrogens is 4. The summed E-state index contributed by atoms with van der Waals surface area (Å²) in [5.41, 5.74) is 6.19. The third-order valence-electron chi connectivity index (χ3n) is 3.94. The molecule has 2 N–H and O–H groups in total. The van der Waals surface area contributed by atoms with E-state index in [0.717, 1.165) is 34.2 Å². The summed E-state index contributed by atoms with van der Waals surface area (Å²) in [5.74, 6) is 0.511. The lowest BCUT2D eigenvalue weighted by Gasteiger charge is -2.02. The molecule has 0 atom stereocenters. The zero-order valence-corrected chi connectivity index (χ0v) is 13.6. The molecule has 4 aromatic rings. The van der Waals surface area contributed by atoms with Crippen molar-refractivity contribution in [2.24, 2.45) is 5.10 Å². The number of anilines is 1. The molecule has 0 unspecified atom stereocenters. The molecule has 4 rings (SSSR count). The van der Waals surface area contributed by atoms with E-state index in [2.05, 4.69) is 43.3 Å². The Labute approximate surface area is 143 Å². The minimum Gasteiger partial charge on any atom is -0.508 e. The molecule has 0 aliphatic heterocycles. The predicted octanol–water partition coefficient (Wildman–Crippen LogP) is 3.15. The van der Waals surface area contributed by atoms with Crippen molar-refractivity contribution in [3.8, 4) is 5.75 Å². The highest BCUT2D eigenvalue weighted by Crippen LogP contribution is 2.26. The summed E-state index contributed by atoms with van der Waals surface area (Å²) in [6, 6.07) is 14.9. The van der Waals surface area contributed by atoms with E-state index in [0.29, 0.717) is 5.95 Å². The SMILES string of the molecule is CCn1c2ccccc2c2nnc(N/N=C/c3cccc(O)c3)nc21. The number of benzene rings is 2. The van der Waals surface area contributed by atoms with Gasteiger partial charge < -0.3 is 9.67 Å². The first-order valence-corrected chi connectivity index (χ1v) is 7.96. The number of hydrogen-bond acceptors (Lipinski definition) is 6. The molecule has 0 aliphatic rings. The first kappa shape index (κ1) is 15.1. The largest absolute Gasteiger partial charge is 0.508 e. The lowest BCUT2D eigenvalue weighted by molar-refractivity contribution is 0.475. The molecule has 124 valence electrons. The molecule has 2 aromatic heterocycles. The zero-order chi connectivity index (χ0) is 17.2. The van der Waals surface area contributed by atoms with E-state index in [1.165, 1.54) is 0 Å². The van der Waals surface area contributed by atoms with Gasteiger partial charge >= 0.3 is 0 Å². The molecule has 0 spiro atoms. The number of phenols is 1. The first-order chi connectivity index (χ1) is 12.3. The Hall–Kier alpha value is -3.48. The summed E-state index contributed by atoms with van der Waals surface area (Å²) < 4.78 is 2.10. The summed E-state index contributed by atoms with van der Waals surface area (Å²) >= 11 is 0. The fourth-order valence-electron chi connectivity index (χ4n) is 2.84. The Morgan fingerprint density at radius 1 is 1.16 bits per heavy atom. The van der Waals surface area contributed by atoms with Gasteiger partial charge in [-0.1, -0.05) is 30.3 Å². The van der Waals surface area contributed by atoms with Gasteiger partial charge in [0.15, 0.2) is 5.65 Å². The molecular weight excluding hydrogens is 316 g/mol. The van der Waals surface area contributed by atoms with Crippen LogP contribution in [-0.2, 0) is 6.54 Å². The van der Waals surface area contributed by atoms with Crippen LogP contribution in [-0.4, -0.2) is 31.1 Å². The standard InChI is InChI=1S/C18H16N6O/c1-2-24-15-9-4-3-8-14(15)16-17(24)20-18(23-21-16)22-19-11-12-6-5-7-13(25)10-12/h3-11,25H,2H2,1H3,(H,20,22,23)/b19-11+. The van der Waals surface area contributed by atoms with Crippen molar-refractivity contribution in [3.05, 3.63) is 54.1 Å². The Bertz CT molecular complexity index is 1090. The molecule has 2 heterocycles.